The first-order valence-corrected chi connectivity index (χ1v) is 7.14. The molecule has 1 aromatic rings. The van der Waals surface area contributed by atoms with Gasteiger partial charge in [-0.1, -0.05) is 36.4 Å². The summed E-state index contributed by atoms with van der Waals surface area (Å²) in [5.41, 5.74) is 1.77. The fourth-order valence-corrected chi connectivity index (χ4v) is 2.64. The minimum absolute atomic E-state index is 0.115. The molecule has 0 radical (unpaired) electrons. The van der Waals surface area contributed by atoms with Crippen molar-refractivity contribution in [3.05, 3.63) is 54.1 Å². The summed E-state index contributed by atoms with van der Waals surface area (Å²) in [5.74, 6) is 1.02. The molecular formula is C18H23NO2. The van der Waals surface area contributed by atoms with Crippen molar-refractivity contribution in [3.63, 3.8) is 0 Å². The van der Waals surface area contributed by atoms with Crippen LogP contribution in [0.2, 0.25) is 0 Å². The second-order valence-electron chi connectivity index (χ2n) is 6.15. The van der Waals surface area contributed by atoms with Crippen LogP contribution in [-0.4, -0.2) is 24.0 Å². The molecule has 3 nitrogen and oxygen atoms in total. The van der Waals surface area contributed by atoms with Gasteiger partial charge in [-0.3, -0.25) is 4.79 Å². The Morgan fingerprint density at radius 1 is 1.38 bits per heavy atom. The molecule has 1 aliphatic rings. The van der Waals surface area contributed by atoms with Crippen molar-refractivity contribution in [3.8, 4) is 5.75 Å². The van der Waals surface area contributed by atoms with E-state index in [-0.39, 0.29) is 17.4 Å². The van der Waals surface area contributed by atoms with Gasteiger partial charge >= 0.3 is 0 Å². The predicted molar refractivity (Wildman–Crippen MR) is 85.1 cm³/mol. The van der Waals surface area contributed by atoms with Crippen LogP contribution in [0.5, 0.6) is 5.75 Å². The van der Waals surface area contributed by atoms with Crippen LogP contribution in [0.15, 0.2) is 48.6 Å². The zero-order valence-corrected chi connectivity index (χ0v) is 13.2. The van der Waals surface area contributed by atoms with Crippen molar-refractivity contribution >= 4 is 5.91 Å². The number of carbonyl (C=O) groups excluding carboxylic acids is 1. The van der Waals surface area contributed by atoms with Crippen molar-refractivity contribution < 1.29 is 9.53 Å². The Balaban J connectivity index is 2.13. The molecule has 1 aliphatic heterocycles. The molecule has 1 unspecified atom stereocenters. The molecule has 1 amide bonds. The Hall–Kier alpha value is -2.03. The lowest BCUT2D eigenvalue weighted by molar-refractivity contribution is -0.164. The number of carbonyl (C=O) groups is 1. The van der Waals surface area contributed by atoms with E-state index in [1.54, 1.807) is 7.11 Å². The lowest BCUT2D eigenvalue weighted by Crippen LogP contribution is -2.64. The Labute approximate surface area is 126 Å². The number of allylic oxidation sites excluding steroid dienone is 2. The molecular weight excluding hydrogens is 262 g/mol. The molecule has 1 atom stereocenters. The van der Waals surface area contributed by atoms with Crippen LogP contribution in [0.3, 0.4) is 0 Å². The van der Waals surface area contributed by atoms with Gasteiger partial charge in [-0.05, 0) is 38.5 Å². The quantitative estimate of drug-likeness (QED) is 0.611. The third-order valence-electron chi connectivity index (χ3n) is 3.96. The van der Waals surface area contributed by atoms with Gasteiger partial charge in [0.1, 0.15) is 5.75 Å². The van der Waals surface area contributed by atoms with Gasteiger partial charge in [-0.25, -0.2) is 0 Å². The molecule has 112 valence electrons. The van der Waals surface area contributed by atoms with Crippen molar-refractivity contribution in [1.82, 2.24) is 4.90 Å². The fraction of sp³-hybridized carbons (Fsp3) is 0.389. The van der Waals surface area contributed by atoms with Gasteiger partial charge in [0.15, 0.2) is 0 Å². The number of rotatable bonds is 5. The van der Waals surface area contributed by atoms with E-state index in [1.807, 2.05) is 56.0 Å². The lowest BCUT2D eigenvalue weighted by Gasteiger charge is -2.52. The van der Waals surface area contributed by atoms with Crippen LogP contribution in [0.1, 0.15) is 26.3 Å². The second-order valence-corrected chi connectivity index (χ2v) is 6.15. The molecule has 0 N–H and O–H groups in total. The van der Waals surface area contributed by atoms with Crippen LogP contribution < -0.4 is 4.74 Å². The summed E-state index contributed by atoms with van der Waals surface area (Å²) in [7, 11) is 1.65. The zero-order chi connectivity index (χ0) is 15.6. The Kier molecular flexibility index (Phi) is 4.21. The molecule has 1 fully saturated rings. The summed E-state index contributed by atoms with van der Waals surface area (Å²) in [4.78, 5) is 14.2. The molecule has 21 heavy (non-hydrogen) atoms. The first-order valence-electron chi connectivity index (χ1n) is 7.14. The summed E-state index contributed by atoms with van der Waals surface area (Å²) in [6.45, 7) is 10.4. The monoisotopic (exact) mass is 285 g/mol. The number of benzene rings is 1. The highest BCUT2D eigenvalue weighted by Gasteiger charge is 2.52. The first-order chi connectivity index (χ1) is 9.86. The molecule has 0 bridgehead atoms. The Morgan fingerprint density at radius 3 is 2.52 bits per heavy atom. The number of nitrogens with zero attached hydrogens (tertiary/aromatic N) is 1. The van der Waals surface area contributed by atoms with E-state index in [4.69, 9.17) is 4.74 Å². The molecule has 0 aliphatic carbocycles. The summed E-state index contributed by atoms with van der Waals surface area (Å²) in [6, 6.07) is 7.95. The number of ether oxygens (including phenoxy) is 1. The minimum Gasteiger partial charge on any atom is -0.497 e. The number of hydrogen-bond donors (Lipinski definition) is 0. The van der Waals surface area contributed by atoms with Crippen molar-refractivity contribution in [2.24, 2.45) is 5.41 Å². The van der Waals surface area contributed by atoms with Crippen LogP contribution in [0, 0.1) is 5.41 Å². The van der Waals surface area contributed by atoms with Gasteiger partial charge in [-0.2, -0.15) is 0 Å². The average Bonchev–Trinajstić information content (AvgIpc) is 2.46. The van der Waals surface area contributed by atoms with E-state index >= 15 is 0 Å². The van der Waals surface area contributed by atoms with E-state index in [0.29, 0.717) is 6.54 Å². The molecule has 3 heteroatoms. The highest BCUT2D eigenvalue weighted by molar-refractivity contribution is 5.90. The smallest absolute Gasteiger partial charge is 0.231 e. The number of β-lactam (4-membered cyclic amide) rings is 1. The largest absolute Gasteiger partial charge is 0.497 e. The molecule has 0 spiro atoms. The number of likely N-dealkylation sites (tertiary alicyclic amines) is 1. The van der Waals surface area contributed by atoms with Crippen molar-refractivity contribution in [1.29, 1.82) is 0 Å². The van der Waals surface area contributed by atoms with E-state index in [1.165, 1.54) is 0 Å². The van der Waals surface area contributed by atoms with E-state index < -0.39 is 0 Å². The molecule has 1 heterocycles. The normalized spacial score (nSPS) is 20.5. The maximum atomic E-state index is 12.3. The third-order valence-corrected chi connectivity index (χ3v) is 3.96. The number of methoxy groups -OCH3 is 1. The number of amides is 1. The van der Waals surface area contributed by atoms with Gasteiger partial charge in [0.05, 0.1) is 18.6 Å². The second kappa shape index (κ2) is 5.76. The summed E-state index contributed by atoms with van der Waals surface area (Å²) < 4.78 is 5.15. The SMILES string of the molecule is C=C(C)/C=C/C1N(Cc2ccc(OC)cc2)C(=O)C1(C)C. The number of hydrogen-bond acceptors (Lipinski definition) is 2. The molecule has 1 saturated heterocycles. The zero-order valence-electron chi connectivity index (χ0n) is 13.2. The maximum absolute atomic E-state index is 12.3. The van der Waals surface area contributed by atoms with Gasteiger partial charge in [0, 0.05) is 6.54 Å². The summed E-state index contributed by atoms with van der Waals surface area (Å²) >= 11 is 0. The fourth-order valence-electron chi connectivity index (χ4n) is 2.64. The molecule has 1 aromatic carbocycles. The summed E-state index contributed by atoms with van der Waals surface area (Å²) in [5, 5.41) is 0. The molecule has 0 aromatic heterocycles. The average molecular weight is 285 g/mol. The highest BCUT2D eigenvalue weighted by Crippen LogP contribution is 2.40. The van der Waals surface area contributed by atoms with Gasteiger partial charge in [0.25, 0.3) is 0 Å². The predicted octanol–water partition coefficient (Wildman–Crippen LogP) is 3.56. The van der Waals surface area contributed by atoms with Gasteiger partial charge in [0.2, 0.25) is 5.91 Å². The third kappa shape index (κ3) is 3.02. The first kappa shape index (κ1) is 15.4. The van der Waals surface area contributed by atoms with Gasteiger partial charge < -0.3 is 9.64 Å². The highest BCUT2D eigenvalue weighted by atomic mass is 16.5. The van der Waals surface area contributed by atoms with E-state index in [9.17, 15) is 4.79 Å². The van der Waals surface area contributed by atoms with Crippen LogP contribution in [-0.2, 0) is 11.3 Å². The topological polar surface area (TPSA) is 29.5 Å². The van der Waals surface area contributed by atoms with Crippen LogP contribution in [0.25, 0.3) is 0 Å². The lowest BCUT2D eigenvalue weighted by atomic mass is 9.73. The van der Waals surface area contributed by atoms with Crippen molar-refractivity contribution in [2.75, 3.05) is 7.11 Å². The molecule has 2 rings (SSSR count). The molecule has 0 saturated carbocycles. The van der Waals surface area contributed by atoms with E-state index in [0.717, 1.165) is 16.9 Å². The summed E-state index contributed by atoms with van der Waals surface area (Å²) in [6.07, 6.45) is 4.06. The van der Waals surface area contributed by atoms with E-state index in [2.05, 4.69) is 12.7 Å². The van der Waals surface area contributed by atoms with Crippen LogP contribution in [0.4, 0.5) is 0 Å². The Bertz CT molecular complexity index is 569. The Morgan fingerprint density at radius 2 is 2.00 bits per heavy atom. The van der Waals surface area contributed by atoms with Crippen LogP contribution >= 0.6 is 0 Å². The minimum atomic E-state index is -0.335. The van der Waals surface area contributed by atoms with Crippen molar-refractivity contribution in [2.45, 2.75) is 33.4 Å². The van der Waals surface area contributed by atoms with Gasteiger partial charge in [-0.15, -0.1) is 0 Å². The standard InChI is InChI=1S/C18H23NO2/c1-13(2)6-11-16-18(3,4)17(20)19(16)12-14-7-9-15(21-5)10-8-14/h6-11,16H,1,12H2,2-5H3/b11-6+. The maximum Gasteiger partial charge on any atom is 0.231 e.